The summed E-state index contributed by atoms with van der Waals surface area (Å²) in [6.07, 6.45) is -2.69. The molecule has 1 aliphatic heterocycles. The number of aliphatic hydroxyl groups excluding tert-OH is 1. The molecule has 3 aromatic carbocycles. The standard InChI is InChI=1S/C31H32N2O7/c1-19(39-17-20-9-3-2-4-10-20)28(29(35)33-16-21(34)15-27(33)30(36)37)32-31(38)40-18-26-24-13-7-5-11-22(24)23-12-6-8-14-25(23)26/h2-14,19,21,26-28,34H,15-18H2,1H3,(H,32,38)(H,36,37)/t19?,21?,27-,28?/m0/s1. The first kappa shape index (κ1) is 27.4. The van der Waals surface area contributed by atoms with E-state index in [9.17, 15) is 24.6 Å². The molecule has 208 valence electrons. The van der Waals surface area contributed by atoms with Gasteiger partial charge in [0, 0.05) is 18.9 Å². The fraction of sp³-hybridized carbons (Fsp3) is 0.323. The highest BCUT2D eigenvalue weighted by Gasteiger charge is 2.43. The van der Waals surface area contributed by atoms with E-state index in [1.54, 1.807) is 6.92 Å². The van der Waals surface area contributed by atoms with Crippen LogP contribution in [0.5, 0.6) is 0 Å². The van der Waals surface area contributed by atoms with Gasteiger partial charge in [-0.1, -0.05) is 78.9 Å². The lowest BCUT2D eigenvalue weighted by Gasteiger charge is -2.30. The fourth-order valence-corrected chi connectivity index (χ4v) is 5.52. The summed E-state index contributed by atoms with van der Waals surface area (Å²) in [6, 6.07) is 22.9. The minimum Gasteiger partial charge on any atom is -0.480 e. The van der Waals surface area contributed by atoms with Gasteiger partial charge in [-0.25, -0.2) is 9.59 Å². The highest BCUT2D eigenvalue weighted by Crippen LogP contribution is 2.44. The van der Waals surface area contributed by atoms with Gasteiger partial charge in [-0.3, -0.25) is 4.79 Å². The van der Waals surface area contributed by atoms with Gasteiger partial charge < -0.3 is 29.9 Å². The number of benzene rings is 3. The number of carboxylic acids is 1. The Morgan fingerprint density at radius 1 is 0.950 bits per heavy atom. The number of ether oxygens (including phenoxy) is 2. The van der Waals surface area contributed by atoms with Crippen molar-refractivity contribution in [3.05, 3.63) is 95.6 Å². The maximum Gasteiger partial charge on any atom is 0.407 e. The minimum absolute atomic E-state index is 0.0558. The van der Waals surface area contributed by atoms with Crippen molar-refractivity contribution in [3.63, 3.8) is 0 Å². The summed E-state index contributed by atoms with van der Waals surface area (Å²) >= 11 is 0. The zero-order valence-corrected chi connectivity index (χ0v) is 22.1. The Balaban J connectivity index is 1.31. The summed E-state index contributed by atoms with van der Waals surface area (Å²) in [6.45, 7) is 1.73. The lowest BCUT2D eigenvalue weighted by molar-refractivity contribution is -0.150. The maximum atomic E-state index is 13.6. The van der Waals surface area contributed by atoms with E-state index in [2.05, 4.69) is 5.32 Å². The van der Waals surface area contributed by atoms with Crippen molar-refractivity contribution >= 4 is 18.0 Å². The van der Waals surface area contributed by atoms with Crippen LogP contribution >= 0.6 is 0 Å². The summed E-state index contributed by atoms with van der Waals surface area (Å²) in [7, 11) is 0. The van der Waals surface area contributed by atoms with E-state index < -0.39 is 42.3 Å². The Morgan fingerprint density at radius 3 is 2.17 bits per heavy atom. The molecule has 4 atom stereocenters. The Kier molecular flexibility index (Phi) is 8.14. The molecule has 0 radical (unpaired) electrons. The number of carbonyl (C=O) groups excluding carboxylic acids is 2. The van der Waals surface area contributed by atoms with Crippen molar-refractivity contribution in [2.45, 2.75) is 50.2 Å². The molecule has 1 saturated heterocycles. The summed E-state index contributed by atoms with van der Waals surface area (Å²) in [5.41, 5.74) is 5.17. The number of rotatable bonds is 9. The summed E-state index contributed by atoms with van der Waals surface area (Å²) in [5.74, 6) is -2.04. The Hall–Kier alpha value is -4.21. The van der Waals surface area contributed by atoms with Crippen LogP contribution in [0.25, 0.3) is 11.1 Å². The maximum absolute atomic E-state index is 13.6. The number of aliphatic hydroxyl groups is 1. The largest absolute Gasteiger partial charge is 0.480 e. The topological polar surface area (TPSA) is 125 Å². The molecule has 3 N–H and O–H groups in total. The van der Waals surface area contributed by atoms with E-state index >= 15 is 0 Å². The van der Waals surface area contributed by atoms with Gasteiger partial charge >= 0.3 is 12.1 Å². The molecule has 0 saturated carbocycles. The number of carboxylic acid groups (broad SMARTS) is 1. The monoisotopic (exact) mass is 544 g/mol. The number of carbonyl (C=O) groups is 3. The third-order valence-electron chi connectivity index (χ3n) is 7.56. The number of β-amino-alcohol motifs (C(OH)–C–C–N with tert-alkyl or cyclic N) is 1. The summed E-state index contributed by atoms with van der Waals surface area (Å²) in [4.78, 5) is 39.5. The van der Waals surface area contributed by atoms with E-state index in [4.69, 9.17) is 9.47 Å². The van der Waals surface area contributed by atoms with Gasteiger partial charge in [0.15, 0.2) is 0 Å². The van der Waals surface area contributed by atoms with Gasteiger partial charge in [-0.2, -0.15) is 0 Å². The molecule has 0 aromatic heterocycles. The molecule has 40 heavy (non-hydrogen) atoms. The second kappa shape index (κ2) is 11.9. The Bertz CT molecular complexity index is 1330. The predicted octanol–water partition coefficient (Wildman–Crippen LogP) is 3.55. The van der Waals surface area contributed by atoms with Crippen molar-refractivity contribution in [1.29, 1.82) is 0 Å². The van der Waals surface area contributed by atoms with Gasteiger partial charge in [0.25, 0.3) is 0 Å². The quantitative estimate of drug-likeness (QED) is 0.376. The van der Waals surface area contributed by atoms with E-state index in [1.165, 1.54) is 0 Å². The van der Waals surface area contributed by atoms with Gasteiger partial charge in [-0.15, -0.1) is 0 Å². The molecular weight excluding hydrogens is 512 g/mol. The molecule has 1 heterocycles. The number of hydrogen-bond acceptors (Lipinski definition) is 6. The summed E-state index contributed by atoms with van der Waals surface area (Å²) in [5, 5.41) is 22.3. The highest BCUT2D eigenvalue weighted by molar-refractivity contribution is 5.90. The van der Waals surface area contributed by atoms with Crippen LogP contribution in [0.2, 0.25) is 0 Å². The minimum atomic E-state index is -1.23. The van der Waals surface area contributed by atoms with E-state index in [-0.39, 0.29) is 32.1 Å². The first-order valence-corrected chi connectivity index (χ1v) is 13.3. The number of aliphatic carboxylic acids is 1. The van der Waals surface area contributed by atoms with Crippen LogP contribution in [0.15, 0.2) is 78.9 Å². The van der Waals surface area contributed by atoms with Crippen LogP contribution < -0.4 is 5.32 Å². The SMILES string of the molecule is CC(OCc1ccccc1)C(NC(=O)OCC1c2ccccc2-c2ccccc21)C(=O)N1CC(O)C[C@H]1C(=O)O. The molecular formula is C31H32N2O7. The van der Waals surface area contributed by atoms with Crippen molar-refractivity contribution < 1.29 is 34.1 Å². The second-order valence-electron chi connectivity index (χ2n) is 10.2. The van der Waals surface area contributed by atoms with Crippen molar-refractivity contribution in [3.8, 4) is 11.1 Å². The number of alkyl carbamates (subject to hydrolysis) is 1. The fourth-order valence-electron chi connectivity index (χ4n) is 5.52. The molecule has 0 spiro atoms. The normalized spacial score (nSPS) is 19.4. The van der Waals surface area contributed by atoms with E-state index in [0.717, 1.165) is 32.7 Å². The van der Waals surface area contributed by atoms with Crippen LogP contribution in [-0.2, 0) is 25.7 Å². The number of fused-ring (bicyclic) bond motifs is 3. The second-order valence-corrected chi connectivity index (χ2v) is 10.2. The average Bonchev–Trinajstić information content (AvgIpc) is 3.52. The molecule has 9 heteroatoms. The first-order valence-electron chi connectivity index (χ1n) is 13.3. The first-order chi connectivity index (χ1) is 19.3. The van der Waals surface area contributed by atoms with Gasteiger partial charge in [-0.05, 0) is 34.7 Å². The zero-order chi connectivity index (χ0) is 28.2. The Labute approximate surface area is 232 Å². The van der Waals surface area contributed by atoms with Gasteiger partial charge in [0.1, 0.15) is 18.7 Å². The third-order valence-corrected chi connectivity index (χ3v) is 7.56. The summed E-state index contributed by atoms with van der Waals surface area (Å²) < 4.78 is 11.6. The van der Waals surface area contributed by atoms with Gasteiger partial charge in [0.2, 0.25) is 5.91 Å². The molecule has 0 bridgehead atoms. The smallest absolute Gasteiger partial charge is 0.407 e. The van der Waals surface area contributed by atoms with Gasteiger partial charge in [0.05, 0.1) is 18.8 Å². The third kappa shape index (κ3) is 5.71. The molecule has 5 rings (SSSR count). The predicted molar refractivity (Wildman–Crippen MR) is 146 cm³/mol. The zero-order valence-electron chi connectivity index (χ0n) is 22.1. The van der Waals surface area contributed by atoms with Crippen LogP contribution in [0.3, 0.4) is 0 Å². The molecule has 1 fully saturated rings. The van der Waals surface area contributed by atoms with E-state index in [1.807, 2.05) is 78.9 Å². The van der Waals surface area contributed by atoms with Crippen LogP contribution in [0.4, 0.5) is 4.79 Å². The van der Waals surface area contributed by atoms with Crippen molar-refractivity contribution in [1.82, 2.24) is 10.2 Å². The van der Waals surface area contributed by atoms with E-state index in [0.29, 0.717) is 0 Å². The molecule has 1 aliphatic carbocycles. The lowest BCUT2D eigenvalue weighted by Crippen LogP contribution is -2.56. The van der Waals surface area contributed by atoms with Crippen LogP contribution in [0.1, 0.15) is 36.0 Å². The number of likely N-dealkylation sites (tertiary alicyclic amines) is 1. The molecule has 2 aliphatic rings. The molecule has 2 amide bonds. The van der Waals surface area contributed by atoms with Crippen LogP contribution in [-0.4, -0.2) is 70.5 Å². The molecule has 9 nitrogen and oxygen atoms in total. The molecule has 3 aromatic rings. The molecule has 3 unspecified atom stereocenters. The lowest BCUT2D eigenvalue weighted by atomic mass is 9.98. The number of nitrogens with zero attached hydrogens (tertiary/aromatic N) is 1. The van der Waals surface area contributed by atoms with Crippen molar-refractivity contribution in [2.24, 2.45) is 0 Å². The number of hydrogen-bond donors (Lipinski definition) is 3. The highest BCUT2D eigenvalue weighted by atomic mass is 16.5. The van der Waals surface area contributed by atoms with Crippen LogP contribution in [0, 0.1) is 0 Å². The van der Waals surface area contributed by atoms with Crippen molar-refractivity contribution in [2.75, 3.05) is 13.2 Å². The Morgan fingerprint density at radius 2 is 1.55 bits per heavy atom. The average molecular weight is 545 g/mol. The number of amides is 2. The number of nitrogens with one attached hydrogen (secondary N) is 1.